The molecule has 1 nitrogen and oxygen atoms in total. The maximum atomic E-state index is 6.01. The summed E-state index contributed by atoms with van der Waals surface area (Å²) in [5.41, 5.74) is 8.64. The van der Waals surface area contributed by atoms with Crippen LogP contribution in [0.5, 0.6) is 0 Å². The first-order chi connectivity index (χ1) is 6.52. The van der Waals surface area contributed by atoms with Crippen LogP contribution in [0.25, 0.3) is 0 Å². The van der Waals surface area contributed by atoms with E-state index in [9.17, 15) is 0 Å². The molecule has 0 aliphatic carbocycles. The van der Waals surface area contributed by atoms with Crippen LogP contribution in [0.1, 0.15) is 54.9 Å². The summed E-state index contributed by atoms with van der Waals surface area (Å²) < 4.78 is 0. The standard InChI is InChI=1S/C14H27N/c1-11(8-9-13(2,3)4)10-12(15)14(5,6)7/h8,10H,9,15H2,1-7H3/b11-8-,12-10-. The molecule has 0 aliphatic heterocycles. The van der Waals surface area contributed by atoms with Crippen LogP contribution in [-0.4, -0.2) is 0 Å². The highest BCUT2D eigenvalue weighted by molar-refractivity contribution is 5.23. The molecule has 0 spiro atoms. The van der Waals surface area contributed by atoms with Crippen LogP contribution in [0.2, 0.25) is 0 Å². The van der Waals surface area contributed by atoms with Crippen molar-refractivity contribution in [3.63, 3.8) is 0 Å². The number of allylic oxidation sites excluding steroid dienone is 4. The van der Waals surface area contributed by atoms with Gasteiger partial charge in [0.2, 0.25) is 0 Å². The summed E-state index contributed by atoms with van der Waals surface area (Å²) in [6, 6.07) is 0. The molecular formula is C14H27N. The van der Waals surface area contributed by atoms with Crippen LogP contribution < -0.4 is 5.73 Å². The van der Waals surface area contributed by atoms with Crippen molar-refractivity contribution in [1.82, 2.24) is 0 Å². The molecule has 0 aromatic rings. The van der Waals surface area contributed by atoms with Crippen molar-refractivity contribution < 1.29 is 0 Å². The van der Waals surface area contributed by atoms with E-state index in [-0.39, 0.29) is 5.41 Å². The molecule has 0 rings (SSSR count). The van der Waals surface area contributed by atoms with E-state index in [1.807, 2.05) is 0 Å². The summed E-state index contributed by atoms with van der Waals surface area (Å²) >= 11 is 0. The van der Waals surface area contributed by atoms with E-state index >= 15 is 0 Å². The minimum atomic E-state index is 0.0663. The number of hydrogen-bond donors (Lipinski definition) is 1. The van der Waals surface area contributed by atoms with E-state index in [4.69, 9.17) is 5.73 Å². The van der Waals surface area contributed by atoms with Crippen LogP contribution in [0.15, 0.2) is 23.4 Å². The zero-order chi connectivity index (χ0) is 12.3. The Kier molecular flexibility index (Phi) is 4.64. The Bertz CT molecular complexity index is 256. The molecule has 0 fully saturated rings. The first-order valence-corrected chi connectivity index (χ1v) is 5.67. The van der Waals surface area contributed by atoms with Crippen molar-refractivity contribution in [3.05, 3.63) is 23.4 Å². The fourth-order valence-electron chi connectivity index (χ4n) is 0.988. The molecule has 0 saturated heterocycles. The highest BCUT2D eigenvalue weighted by atomic mass is 14.6. The molecule has 2 N–H and O–H groups in total. The van der Waals surface area contributed by atoms with Gasteiger partial charge in [-0.05, 0) is 24.8 Å². The maximum Gasteiger partial charge on any atom is 0.0138 e. The lowest BCUT2D eigenvalue weighted by atomic mass is 9.89. The topological polar surface area (TPSA) is 26.0 Å². The van der Waals surface area contributed by atoms with Gasteiger partial charge in [-0.15, -0.1) is 0 Å². The van der Waals surface area contributed by atoms with E-state index in [1.165, 1.54) is 5.57 Å². The van der Waals surface area contributed by atoms with Gasteiger partial charge >= 0.3 is 0 Å². The second-order valence-corrected chi connectivity index (χ2v) is 6.56. The van der Waals surface area contributed by atoms with Crippen molar-refractivity contribution in [2.75, 3.05) is 0 Å². The monoisotopic (exact) mass is 209 g/mol. The van der Waals surface area contributed by atoms with Gasteiger partial charge in [0.25, 0.3) is 0 Å². The first-order valence-electron chi connectivity index (χ1n) is 5.67. The first kappa shape index (κ1) is 14.3. The molecule has 0 unspecified atom stereocenters. The minimum absolute atomic E-state index is 0.0663. The predicted octanol–water partition coefficient (Wildman–Crippen LogP) is 4.26. The molecule has 0 bridgehead atoms. The van der Waals surface area contributed by atoms with Crippen LogP contribution in [0.4, 0.5) is 0 Å². The second-order valence-electron chi connectivity index (χ2n) is 6.56. The lowest BCUT2D eigenvalue weighted by Gasteiger charge is -2.19. The number of nitrogens with two attached hydrogens (primary N) is 1. The maximum absolute atomic E-state index is 6.01. The van der Waals surface area contributed by atoms with E-state index < -0.39 is 0 Å². The molecule has 0 saturated carbocycles. The van der Waals surface area contributed by atoms with E-state index in [0.717, 1.165) is 12.1 Å². The Hall–Kier alpha value is -0.720. The van der Waals surface area contributed by atoms with Gasteiger partial charge in [0, 0.05) is 11.1 Å². The normalized spacial score (nSPS) is 15.7. The SMILES string of the molecule is CC(=C/CC(C)(C)C)/C=C(\N)C(C)(C)C. The Morgan fingerprint density at radius 3 is 1.87 bits per heavy atom. The van der Waals surface area contributed by atoms with Gasteiger partial charge in [0.15, 0.2) is 0 Å². The summed E-state index contributed by atoms with van der Waals surface area (Å²) in [6.45, 7) is 15.3. The van der Waals surface area contributed by atoms with Gasteiger partial charge in [-0.2, -0.15) is 0 Å². The van der Waals surface area contributed by atoms with Gasteiger partial charge < -0.3 is 5.73 Å². The predicted molar refractivity (Wildman–Crippen MR) is 69.6 cm³/mol. The molecule has 0 heterocycles. The summed E-state index contributed by atoms with van der Waals surface area (Å²) in [5.74, 6) is 0. The lowest BCUT2D eigenvalue weighted by Crippen LogP contribution is -2.17. The fourth-order valence-corrected chi connectivity index (χ4v) is 0.988. The molecule has 1 heteroatoms. The average molecular weight is 209 g/mol. The summed E-state index contributed by atoms with van der Waals surface area (Å²) in [7, 11) is 0. The van der Waals surface area contributed by atoms with Crippen molar-refractivity contribution in [2.45, 2.75) is 54.9 Å². The van der Waals surface area contributed by atoms with E-state index in [0.29, 0.717) is 5.41 Å². The van der Waals surface area contributed by atoms with Crippen LogP contribution in [0.3, 0.4) is 0 Å². The molecule has 0 aliphatic rings. The second kappa shape index (κ2) is 4.87. The summed E-state index contributed by atoms with van der Waals surface area (Å²) in [5, 5.41) is 0. The van der Waals surface area contributed by atoms with Crippen LogP contribution >= 0.6 is 0 Å². The molecule has 0 aromatic heterocycles. The molecule has 0 amide bonds. The van der Waals surface area contributed by atoms with E-state index in [2.05, 4.69) is 60.6 Å². The van der Waals surface area contributed by atoms with Crippen LogP contribution in [0, 0.1) is 10.8 Å². The van der Waals surface area contributed by atoms with Gasteiger partial charge in [0.1, 0.15) is 0 Å². The zero-order valence-corrected chi connectivity index (χ0v) is 11.4. The Morgan fingerprint density at radius 2 is 1.53 bits per heavy atom. The van der Waals surface area contributed by atoms with Crippen molar-refractivity contribution in [2.24, 2.45) is 16.6 Å². The van der Waals surface area contributed by atoms with Gasteiger partial charge in [-0.1, -0.05) is 53.2 Å². The zero-order valence-electron chi connectivity index (χ0n) is 11.4. The third-order valence-corrected chi connectivity index (χ3v) is 2.29. The third kappa shape index (κ3) is 7.24. The van der Waals surface area contributed by atoms with Gasteiger partial charge in [-0.25, -0.2) is 0 Å². The van der Waals surface area contributed by atoms with Crippen molar-refractivity contribution >= 4 is 0 Å². The molecule has 15 heavy (non-hydrogen) atoms. The minimum Gasteiger partial charge on any atom is -0.402 e. The van der Waals surface area contributed by atoms with Crippen molar-refractivity contribution in [1.29, 1.82) is 0 Å². The average Bonchev–Trinajstić information content (AvgIpc) is 1.97. The van der Waals surface area contributed by atoms with Gasteiger partial charge in [0.05, 0.1) is 0 Å². The quantitative estimate of drug-likeness (QED) is 0.676. The third-order valence-electron chi connectivity index (χ3n) is 2.29. The molecule has 0 atom stereocenters. The molecule has 88 valence electrons. The fraction of sp³-hybridized carbons (Fsp3) is 0.714. The van der Waals surface area contributed by atoms with Crippen molar-refractivity contribution in [3.8, 4) is 0 Å². The van der Waals surface area contributed by atoms with E-state index in [1.54, 1.807) is 0 Å². The Balaban J connectivity index is 4.55. The number of hydrogen-bond acceptors (Lipinski definition) is 1. The Morgan fingerprint density at radius 1 is 1.07 bits per heavy atom. The lowest BCUT2D eigenvalue weighted by molar-refractivity contribution is 0.420. The summed E-state index contributed by atoms with van der Waals surface area (Å²) in [4.78, 5) is 0. The highest BCUT2D eigenvalue weighted by Crippen LogP contribution is 2.23. The highest BCUT2D eigenvalue weighted by Gasteiger charge is 2.13. The number of rotatable bonds is 2. The van der Waals surface area contributed by atoms with Gasteiger partial charge in [-0.3, -0.25) is 0 Å². The smallest absolute Gasteiger partial charge is 0.0138 e. The largest absolute Gasteiger partial charge is 0.402 e. The summed E-state index contributed by atoms with van der Waals surface area (Å²) in [6.07, 6.45) is 5.44. The molecule has 0 radical (unpaired) electrons. The van der Waals surface area contributed by atoms with Crippen LogP contribution in [-0.2, 0) is 0 Å². The molecule has 0 aromatic carbocycles. The Labute approximate surface area is 95.4 Å². The molecular weight excluding hydrogens is 182 g/mol.